The van der Waals surface area contributed by atoms with Crippen molar-refractivity contribution in [2.75, 3.05) is 26.1 Å². The van der Waals surface area contributed by atoms with Crippen LogP contribution in [-0.2, 0) is 4.79 Å². The predicted octanol–water partition coefficient (Wildman–Crippen LogP) is 1.27. The molecule has 0 aromatic heterocycles. The molecule has 1 saturated heterocycles. The normalized spacial score (nSPS) is 22.8. The van der Waals surface area contributed by atoms with Crippen molar-refractivity contribution >= 4 is 29.4 Å². The van der Waals surface area contributed by atoms with Gasteiger partial charge in [-0.2, -0.15) is 0 Å². The summed E-state index contributed by atoms with van der Waals surface area (Å²) in [6, 6.07) is 0. The first kappa shape index (κ1) is 9.26. The highest BCUT2D eigenvalue weighted by Gasteiger charge is 2.44. The van der Waals surface area contributed by atoms with Gasteiger partial charge in [-0.3, -0.25) is 4.79 Å². The number of rotatable bonds is 2. The van der Waals surface area contributed by atoms with Crippen LogP contribution in [0.2, 0.25) is 0 Å². The van der Waals surface area contributed by atoms with Crippen LogP contribution in [0.25, 0.3) is 0 Å². The van der Waals surface area contributed by atoms with Crippen molar-refractivity contribution in [3.8, 4) is 0 Å². The van der Waals surface area contributed by atoms with Gasteiger partial charge in [-0.1, -0.05) is 0 Å². The third kappa shape index (κ3) is 1.38. The minimum Gasteiger partial charge on any atom is -0.344 e. The van der Waals surface area contributed by atoms with Crippen molar-refractivity contribution in [3.63, 3.8) is 0 Å². The van der Waals surface area contributed by atoms with Crippen LogP contribution in [0.3, 0.4) is 0 Å². The number of hydrogen-bond donors (Lipinski definition) is 0. The maximum absolute atomic E-state index is 11.6. The Morgan fingerprint density at radius 3 is 2.18 bits per heavy atom. The van der Waals surface area contributed by atoms with Crippen LogP contribution in [0.5, 0.6) is 0 Å². The molecule has 1 aliphatic rings. The molecule has 1 heterocycles. The van der Waals surface area contributed by atoms with Crippen molar-refractivity contribution in [1.82, 2.24) is 4.90 Å². The molecular weight excluding hydrogens is 178 g/mol. The molecule has 0 atom stereocenters. The molecule has 1 amide bonds. The maximum atomic E-state index is 11.6. The molecule has 11 heavy (non-hydrogen) atoms. The van der Waals surface area contributed by atoms with Gasteiger partial charge in [0, 0.05) is 13.6 Å². The SMILES string of the molecule is CSC1(SC)CCN(C)C1=O. The zero-order valence-electron chi connectivity index (χ0n) is 7.09. The van der Waals surface area contributed by atoms with Crippen LogP contribution in [0.1, 0.15) is 6.42 Å². The standard InChI is InChI=1S/C7H13NOS2/c1-8-5-4-7(10-2,11-3)6(8)9/h4-5H2,1-3H3. The fraction of sp³-hybridized carbons (Fsp3) is 0.857. The number of thioether (sulfide) groups is 2. The Hall–Kier alpha value is 0.170. The lowest BCUT2D eigenvalue weighted by Gasteiger charge is -2.21. The molecule has 0 spiro atoms. The minimum atomic E-state index is -0.172. The van der Waals surface area contributed by atoms with E-state index in [1.54, 1.807) is 23.5 Å². The van der Waals surface area contributed by atoms with Crippen LogP contribution in [-0.4, -0.2) is 41.0 Å². The predicted molar refractivity (Wildman–Crippen MR) is 52.0 cm³/mol. The third-order valence-electron chi connectivity index (χ3n) is 2.11. The zero-order chi connectivity index (χ0) is 8.48. The van der Waals surface area contributed by atoms with Gasteiger partial charge in [-0.05, 0) is 18.9 Å². The van der Waals surface area contributed by atoms with Gasteiger partial charge >= 0.3 is 0 Å². The molecule has 64 valence electrons. The molecule has 0 unspecified atom stereocenters. The van der Waals surface area contributed by atoms with E-state index in [-0.39, 0.29) is 9.99 Å². The Kier molecular flexibility index (Phi) is 2.75. The van der Waals surface area contributed by atoms with E-state index in [2.05, 4.69) is 0 Å². The van der Waals surface area contributed by atoms with Crippen LogP contribution in [0, 0.1) is 0 Å². The van der Waals surface area contributed by atoms with E-state index in [1.165, 1.54) is 0 Å². The first-order chi connectivity index (χ1) is 5.16. The van der Waals surface area contributed by atoms with E-state index in [0.717, 1.165) is 13.0 Å². The minimum absolute atomic E-state index is 0.172. The maximum Gasteiger partial charge on any atom is 0.248 e. The second kappa shape index (κ2) is 3.27. The molecule has 0 aromatic rings. The van der Waals surface area contributed by atoms with Gasteiger partial charge in [0.2, 0.25) is 5.91 Å². The summed E-state index contributed by atoms with van der Waals surface area (Å²) in [5, 5.41) is 0. The van der Waals surface area contributed by atoms with Crippen LogP contribution >= 0.6 is 23.5 Å². The van der Waals surface area contributed by atoms with Crippen molar-refractivity contribution in [1.29, 1.82) is 0 Å². The lowest BCUT2D eigenvalue weighted by molar-refractivity contribution is -0.126. The lowest BCUT2D eigenvalue weighted by Crippen LogP contribution is -2.32. The highest BCUT2D eigenvalue weighted by Crippen LogP contribution is 2.42. The molecule has 4 heteroatoms. The van der Waals surface area contributed by atoms with E-state index in [1.807, 2.05) is 24.5 Å². The van der Waals surface area contributed by atoms with Crippen LogP contribution < -0.4 is 0 Å². The number of nitrogens with zero attached hydrogens (tertiary/aromatic N) is 1. The van der Waals surface area contributed by atoms with Crippen LogP contribution in [0.4, 0.5) is 0 Å². The van der Waals surface area contributed by atoms with Gasteiger partial charge in [-0.15, -0.1) is 23.5 Å². The van der Waals surface area contributed by atoms with Gasteiger partial charge in [0.25, 0.3) is 0 Å². The number of amides is 1. The Morgan fingerprint density at radius 2 is 2.00 bits per heavy atom. The Balaban J connectivity index is 2.78. The van der Waals surface area contributed by atoms with Gasteiger partial charge < -0.3 is 4.90 Å². The molecule has 0 saturated carbocycles. The molecule has 1 fully saturated rings. The quantitative estimate of drug-likeness (QED) is 0.613. The first-order valence-corrected chi connectivity index (χ1v) is 5.97. The summed E-state index contributed by atoms with van der Waals surface area (Å²) >= 11 is 3.33. The summed E-state index contributed by atoms with van der Waals surface area (Å²) < 4.78 is -0.172. The molecule has 0 N–H and O–H groups in total. The fourth-order valence-electron chi connectivity index (χ4n) is 1.28. The second-order valence-electron chi connectivity index (χ2n) is 2.64. The van der Waals surface area contributed by atoms with Crippen LogP contribution in [0.15, 0.2) is 0 Å². The van der Waals surface area contributed by atoms with Gasteiger partial charge in [0.15, 0.2) is 0 Å². The first-order valence-electron chi connectivity index (χ1n) is 3.52. The summed E-state index contributed by atoms with van der Waals surface area (Å²) in [6.07, 6.45) is 4.99. The average molecular weight is 191 g/mol. The van der Waals surface area contributed by atoms with E-state index >= 15 is 0 Å². The monoisotopic (exact) mass is 191 g/mol. The molecule has 0 aliphatic carbocycles. The van der Waals surface area contributed by atoms with E-state index < -0.39 is 0 Å². The van der Waals surface area contributed by atoms with Gasteiger partial charge in [0.1, 0.15) is 4.08 Å². The largest absolute Gasteiger partial charge is 0.344 e. The lowest BCUT2D eigenvalue weighted by atomic mass is 10.3. The molecule has 0 radical (unpaired) electrons. The molecule has 1 rings (SSSR count). The smallest absolute Gasteiger partial charge is 0.248 e. The summed E-state index contributed by atoms with van der Waals surface area (Å²) in [4.78, 5) is 13.4. The number of likely N-dealkylation sites (tertiary alicyclic amines) is 1. The Morgan fingerprint density at radius 1 is 1.45 bits per heavy atom. The Labute approximate surface area is 76.1 Å². The van der Waals surface area contributed by atoms with Crippen molar-refractivity contribution < 1.29 is 4.79 Å². The molecule has 1 aliphatic heterocycles. The molecular formula is C7H13NOS2. The summed E-state index contributed by atoms with van der Waals surface area (Å²) in [5.74, 6) is 0.275. The van der Waals surface area contributed by atoms with E-state index in [0.29, 0.717) is 0 Å². The molecule has 0 aromatic carbocycles. The number of hydrogen-bond acceptors (Lipinski definition) is 3. The van der Waals surface area contributed by atoms with Gasteiger partial charge in [-0.25, -0.2) is 0 Å². The van der Waals surface area contributed by atoms with Crippen molar-refractivity contribution in [2.45, 2.75) is 10.5 Å². The van der Waals surface area contributed by atoms with Crippen molar-refractivity contribution in [2.24, 2.45) is 0 Å². The van der Waals surface area contributed by atoms with E-state index in [4.69, 9.17) is 0 Å². The van der Waals surface area contributed by atoms with Gasteiger partial charge in [0.05, 0.1) is 0 Å². The molecule has 0 bridgehead atoms. The fourth-order valence-corrected chi connectivity index (χ4v) is 3.19. The second-order valence-corrected chi connectivity index (χ2v) is 5.11. The topological polar surface area (TPSA) is 20.3 Å². The van der Waals surface area contributed by atoms with E-state index in [9.17, 15) is 4.79 Å². The Bertz CT molecular complexity index is 168. The average Bonchev–Trinajstić information content (AvgIpc) is 2.32. The highest BCUT2D eigenvalue weighted by atomic mass is 32.2. The number of carbonyl (C=O) groups is 1. The number of carbonyl (C=O) groups excluding carboxylic acids is 1. The third-order valence-corrected chi connectivity index (χ3v) is 5.18. The van der Waals surface area contributed by atoms with Crippen molar-refractivity contribution in [3.05, 3.63) is 0 Å². The summed E-state index contributed by atoms with van der Waals surface area (Å²) in [5.41, 5.74) is 0. The highest BCUT2D eigenvalue weighted by molar-refractivity contribution is 8.18. The zero-order valence-corrected chi connectivity index (χ0v) is 8.72. The molecule has 2 nitrogen and oxygen atoms in total. The summed E-state index contributed by atoms with van der Waals surface area (Å²) in [7, 11) is 1.87. The summed E-state index contributed by atoms with van der Waals surface area (Å²) in [6.45, 7) is 0.903.